The van der Waals surface area contributed by atoms with Crippen LogP contribution in [0.15, 0.2) is 48.5 Å². The summed E-state index contributed by atoms with van der Waals surface area (Å²) in [7, 11) is -3.58. The van der Waals surface area contributed by atoms with Crippen molar-refractivity contribution in [1.29, 1.82) is 5.26 Å². The number of rotatable bonds is 5. The molecule has 1 unspecified atom stereocenters. The minimum Gasteiger partial charge on any atom is -0.348 e. The maximum Gasteiger partial charge on any atom is 0.235 e. The van der Waals surface area contributed by atoms with Crippen LogP contribution in [0.2, 0.25) is 0 Å². The maximum atomic E-state index is 12.3. The molecule has 5 nitrogen and oxygen atoms in total. The highest BCUT2D eigenvalue weighted by Crippen LogP contribution is 2.29. The molecule has 0 radical (unpaired) electrons. The second-order valence-electron chi connectivity index (χ2n) is 6.55. The van der Waals surface area contributed by atoms with Gasteiger partial charge in [0.2, 0.25) is 5.91 Å². The van der Waals surface area contributed by atoms with Gasteiger partial charge in [-0.2, -0.15) is 5.26 Å². The van der Waals surface area contributed by atoms with E-state index in [4.69, 9.17) is 5.26 Å². The van der Waals surface area contributed by atoms with Crippen molar-refractivity contribution in [2.24, 2.45) is 0 Å². The molecule has 134 valence electrons. The number of carbonyl (C=O) groups is 1. The van der Waals surface area contributed by atoms with Crippen molar-refractivity contribution in [1.82, 2.24) is 5.32 Å². The van der Waals surface area contributed by atoms with Crippen molar-refractivity contribution in [3.63, 3.8) is 0 Å². The van der Waals surface area contributed by atoms with Gasteiger partial charge in [0.1, 0.15) is 5.75 Å². The number of aryl methyl sites for hydroxylation is 1. The summed E-state index contributed by atoms with van der Waals surface area (Å²) in [5.74, 6) is -1.22. The monoisotopic (exact) mass is 368 g/mol. The first kappa shape index (κ1) is 18.2. The van der Waals surface area contributed by atoms with Crippen LogP contribution in [0.25, 0.3) is 0 Å². The fourth-order valence-corrected chi connectivity index (χ4v) is 4.61. The SMILES string of the molecule is N#Cc1ccc(CS(=O)(=O)CC(=O)NC2CCCc3ccccc32)cc1. The molecule has 1 N–H and O–H groups in total. The lowest BCUT2D eigenvalue weighted by Crippen LogP contribution is -2.35. The van der Waals surface area contributed by atoms with Crippen molar-refractivity contribution in [3.8, 4) is 6.07 Å². The summed E-state index contributed by atoms with van der Waals surface area (Å²) >= 11 is 0. The number of fused-ring (bicyclic) bond motifs is 1. The molecule has 1 aliphatic rings. The normalized spacial score (nSPS) is 16.3. The average molecular weight is 368 g/mol. The summed E-state index contributed by atoms with van der Waals surface area (Å²) in [5.41, 5.74) is 3.33. The van der Waals surface area contributed by atoms with E-state index >= 15 is 0 Å². The number of sulfone groups is 1. The zero-order valence-electron chi connectivity index (χ0n) is 14.3. The molecule has 1 aliphatic carbocycles. The Hall–Kier alpha value is -2.65. The predicted molar refractivity (Wildman–Crippen MR) is 98.9 cm³/mol. The van der Waals surface area contributed by atoms with Crippen molar-refractivity contribution >= 4 is 15.7 Å². The van der Waals surface area contributed by atoms with Crippen LogP contribution < -0.4 is 5.32 Å². The van der Waals surface area contributed by atoms with Crippen LogP contribution in [0.1, 0.15) is 41.1 Å². The first-order chi connectivity index (χ1) is 12.5. The zero-order chi connectivity index (χ0) is 18.6. The molecule has 0 aliphatic heterocycles. The summed E-state index contributed by atoms with van der Waals surface area (Å²) in [6.45, 7) is 0. The fourth-order valence-electron chi connectivity index (χ4n) is 3.32. The number of hydrogen-bond acceptors (Lipinski definition) is 4. The lowest BCUT2D eigenvalue weighted by molar-refractivity contribution is -0.119. The Kier molecular flexibility index (Phi) is 5.38. The van der Waals surface area contributed by atoms with E-state index in [2.05, 4.69) is 11.4 Å². The molecule has 6 heteroatoms. The van der Waals surface area contributed by atoms with Gasteiger partial charge >= 0.3 is 0 Å². The highest BCUT2D eigenvalue weighted by Gasteiger charge is 2.24. The molecule has 0 saturated carbocycles. The summed E-state index contributed by atoms with van der Waals surface area (Å²) in [4.78, 5) is 12.3. The van der Waals surface area contributed by atoms with Gasteiger partial charge in [-0.1, -0.05) is 36.4 Å². The largest absolute Gasteiger partial charge is 0.348 e. The second kappa shape index (κ2) is 7.71. The Labute approximate surface area is 153 Å². The first-order valence-electron chi connectivity index (χ1n) is 8.53. The van der Waals surface area contributed by atoms with Crippen LogP contribution in [-0.4, -0.2) is 20.1 Å². The molecule has 0 spiro atoms. The Morgan fingerprint density at radius 2 is 1.88 bits per heavy atom. The third-order valence-electron chi connectivity index (χ3n) is 4.53. The zero-order valence-corrected chi connectivity index (χ0v) is 15.1. The van der Waals surface area contributed by atoms with Gasteiger partial charge in [-0.15, -0.1) is 0 Å². The second-order valence-corrected chi connectivity index (χ2v) is 8.62. The molecular formula is C20H20N2O3S. The van der Waals surface area contributed by atoms with Crippen molar-refractivity contribution in [2.45, 2.75) is 31.1 Å². The molecule has 26 heavy (non-hydrogen) atoms. The van der Waals surface area contributed by atoms with Crippen LogP contribution in [0.3, 0.4) is 0 Å². The van der Waals surface area contributed by atoms with Crippen molar-refractivity contribution in [3.05, 3.63) is 70.8 Å². The van der Waals surface area contributed by atoms with E-state index in [1.807, 2.05) is 24.3 Å². The molecular weight excluding hydrogens is 348 g/mol. The summed E-state index contributed by atoms with van der Waals surface area (Å²) < 4.78 is 24.7. The lowest BCUT2D eigenvalue weighted by atomic mass is 9.88. The Bertz CT molecular complexity index is 944. The van der Waals surface area contributed by atoms with Gasteiger partial charge < -0.3 is 5.32 Å². The summed E-state index contributed by atoms with van der Waals surface area (Å²) in [6.07, 6.45) is 2.78. The number of nitriles is 1. The van der Waals surface area contributed by atoms with E-state index in [0.717, 1.165) is 24.8 Å². The summed E-state index contributed by atoms with van der Waals surface area (Å²) in [5, 5.41) is 11.7. The minimum absolute atomic E-state index is 0.127. The van der Waals surface area contributed by atoms with Gasteiger partial charge in [-0.3, -0.25) is 4.79 Å². The fraction of sp³-hybridized carbons (Fsp3) is 0.300. The lowest BCUT2D eigenvalue weighted by Gasteiger charge is -2.26. The molecule has 0 aromatic heterocycles. The number of carbonyl (C=O) groups excluding carboxylic acids is 1. The van der Waals surface area contributed by atoms with Crippen LogP contribution in [0, 0.1) is 11.3 Å². The number of amides is 1. The molecule has 0 heterocycles. The predicted octanol–water partition coefficient (Wildman–Crippen LogP) is 2.67. The van der Waals surface area contributed by atoms with E-state index in [0.29, 0.717) is 11.1 Å². The number of hydrogen-bond donors (Lipinski definition) is 1. The molecule has 3 rings (SSSR count). The smallest absolute Gasteiger partial charge is 0.235 e. The third-order valence-corrected chi connectivity index (χ3v) is 6.00. The highest BCUT2D eigenvalue weighted by atomic mass is 32.2. The molecule has 0 bridgehead atoms. The van der Waals surface area contributed by atoms with Crippen molar-refractivity contribution < 1.29 is 13.2 Å². The molecule has 0 saturated heterocycles. The Balaban J connectivity index is 1.63. The van der Waals surface area contributed by atoms with E-state index in [1.165, 1.54) is 5.56 Å². The van der Waals surface area contributed by atoms with Gasteiger partial charge in [0, 0.05) is 0 Å². The standard InChI is InChI=1S/C20H20N2O3S/c21-12-15-8-10-16(11-9-15)13-26(24,25)14-20(23)22-19-7-3-5-17-4-1-2-6-18(17)19/h1-2,4,6,8-11,19H,3,5,7,13-14H2,(H,22,23). The number of benzene rings is 2. The third kappa shape index (κ3) is 4.50. The van der Waals surface area contributed by atoms with Crippen LogP contribution >= 0.6 is 0 Å². The van der Waals surface area contributed by atoms with Crippen LogP contribution in [0.5, 0.6) is 0 Å². The van der Waals surface area contributed by atoms with Gasteiger partial charge in [-0.05, 0) is 48.1 Å². The van der Waals surface area contributed by atoms with E-state index < -0.39 is 21.5 Å². The van der Waals surface area contributed by atoms with Gasteiger partial charge in [0.15, 0.2) is 9.84 Å². The van der Waals surface area contributed by atoms with Gasteiger partial charge in [0.25, 0.3) is 0 Å². The topological polar surface area (TPSA) is 87.0 Å². The Morgan fingerprint density at radius 1 is 1.15 bits per heavy atom. The van der Waals surface area contributed by atoms with Gasteiger partial charge in [0.05, 0.1) is 23.4 Å². The van der Waals surface area contributed by atoms with E-state index in [9.17, 15) is 13.2 Å². The molecule has 1 atom stereocenters. The molecule has 2 aromatic carbocycles. The average Bonchev–Trinajstić information content (AvgIpc) is 2.62. The highest BCUT2D eigenvalue weighted by molar-refractivity contribution is 7.91. The van der Waals surface area contributed by atoms with Gasteiger partial charge in [-0.25, -0.2) is 8.42 Å². The van der Waals surface area contributed by atoms with E-state index in [-0.39, 0.29) is 11.8 Å². The van der Waals surface area contributed by atoms with Crippen LogP contribution in [0.4, 0.5) is 0 Å². The molecule has 1 amide bonds. The molecule has 0 fully saturated rings. The summed E-state index contributed by atoms with van der Waals surface area (Å²) in [6, 6.07) is 16.2. The maximum absolute atomic E-state index is 12.3. The Morgan fingerprint density at radius 3 is 2.62 bits per heavy atom. The first-order valence-corrected chi connectivity index (χ1v) is 10.4. The quantitative estimate of drug-likeness (QED) is 0.879. The van der Waals surface area contributed by atoms with Crippen molar-refractivity contribution in [2.75, 3.05) is 5.75 Å². The minimum atomic E-state index is -3.58. The van der Waals surface area contributed by atoms with Crippen LogP contribution in [-0.2, 0) is 26.8 Å². The number of nitrogens with zero attached hydrogens (tertiary/aromatic N) is 1. The molecule has 2 aromatic rings. The van der Waals surface area contributed by atoms with E-state index in [1.54, 1.807) is 24.3 Å². The number of nitrogens with one attached hydrogen (secondary N) is 1.